The van der Waals surface area contributed by atoms with Crippen LogP contribution in [0.4, 0.5) is 0 Å². The number of carbonyl (C=O) groups is 2. The molecule has 0 unspecified atom stereocenters. The lowest BCUT2D eigenvalue weighted by Gasteiger charge is -2.27. The van der Waals surface area contributed by atoms with Crippen molar-refractivity contribution in [2.24, 2.45) is 0 Å². The lowest BCUT2D eigenvalue weighted by atomic mass is 9.93. The Morgan fingerprint density at radius 1 is 0.750 bits per heavy atom. The van der Waals surface area contributed by atoms with Gasteiger partial charge in [-0.05, 0) is 23.3 Å². The summed E-state index contributed by atoms with van der Waals surface area (Å²) in [4.78, 5) is 27.7. The molecule has 0 aliphatic carbocycles. The van der Waals surface area contributed by atoms with Crippen LogP contribution in [-0.2, 0) is 9.59 Å². The number of carbonyl (C=O) groups excluding carboxylic acids is 2. The Labute approximate surface area is 146 Å². The zero-order valence-electron chi connectivity index (χ0n) is 13.5. The Morgan fingerprint density at radius 3 is 1.38 bits per heavy atom. The molecule has 0 spiro atoms. The van der Waals surface area contributed by atoms with E-state index in [2.05, 4.69) is 0 Å². The largest absolute Gasteiger partial charge is 0.279 e. The summed E-state index contributed by atoms with van der Waals surface area (Å²) in [5.74, 6) is -0.336. The van der Waals surface area contributed by atoms with Gasteiger partial charge in [0.25, 0.3) is 0 Å². The number of rotatable bonds is 2. The van der Waals surface area contributed by atoms with Crippen LogP contribution in [0.5, 0.6) is 0 Å². The minimum Gasteiger partial charge on any atom is -0.279 e. The molecule has 2 aromatic carbocycles. The molecule has 0 saturated carbocycles. The second-order valence-corrected chi connectivity index (χ2v) is 6.14. The molecule has 1 saturated heterocycles. The second-order valence-electron chi connectivity index (χ2n) is 5.77. The molecule has 1 aliphatic heterocycles. The SMILES string of the molecule is CC(=O)N1C(=S)N(C(C)=O)[C@H](c2ccccc2)[C@H]1c1ccccc1. The standard InChI is InChI=1S/C19H18N2O2S/c1-13(22)20-17(15-9-5-3-6-10-15)18(16-11-7-4-8-12-16)21(14(2)23)19(20)24/h3-12,17-18H,1-2H3/t17-,18-/m1/s1. The highest BCUT2D eigenvalue weighted by Gasteiger charge is 2.48. The van der Waals surface area contributed by atoms with Gasteiger partial charge < -0.3 is 0 Å². The molecule has 1 aliphatic rings. The molecule has 2 amide bonds. The van der Waals surface area contributed by atoms with Gasteiger partial charge >= 0.3 is 0 Å². The van der Waals surface area contributed by atoms with Crippen molar-refractivity contribution in [2.45, 2.75) is 25.9 Å². The molecule has 24 heavy (non-hydrogen) atoms. The van der Waals surface area contributed by atoms with Crippen LogP contribution in [0.2, 0.25) is 0 Å². The number of amides is 2. The quantitative estimate of drug-likeness (QED) is 0.787. The maximum atomic E-state index is 12.3. The summed E-state index contributed by atoms with van der Waals surface area (Å²) in [6.45, 7) is 2.96. The van der Waals surface area contributed by atoms with Crippen molar-refractivity contribution in [1.29, 1.82) is 0 Å². The average molecular weight is 338 g/mol. The van der Waals surface area contributed by atoms with Gasteiger partial charge in [0.05, 0.1) is 12.1 Å². The summed E-state index contributed by atoms with van der Waals surface area (Å²) in [6.07, 6.45) is 0. The van der Waals surface area contributed by atoms with Crippen LogP contribution in [0.1, 0.15) is 37.1 Å². The zero-order chi connectivity index (χ0) is 17.3. The fourth-order valence-corrected chi connectivity index (χ4v) is 3.74. The first-order valence-electron chi connectivity index (χ1n) is 7.76. The van der Waals surface area contributed by atoms with Crippen molar-refractivity contribution in [3.05, 3.63) is 71.8 Å². The Hall–Kier alpha value is -2.53. The van der Waals surface area contributed by atoms with Gasteiger partial charge in [-0.1, -0.05) is 60.7 Å². The summed E-state index contributed by atoms with van der Waals surface area (Å²) in [5, 5.41) is 0.262. The first-order chi connectivity index (χ1) is 11.5. The van der Waals surface area contributed by atoms with Crippen LogP contribution >= 0.6 is 12.2 Å². The lowest BCUT2D eigenvalue weighted by Crippen LogP contribution is -2.37. The van der Waals surface area contributed by atoms with E-state index in [1.165, 1.54) is 13.8 Å². The summed E-state index contributed by atoms with van der Waals surface area (Å²) in [6, 6.07) is 18.7. The minimum absolute atomic E-state index is 0.168. The normalized spacial score (nSPS) is 20.3. The van der Waals surface area contributed by atoms with Crippen molar-refractivity contribution < 1.29 is 9.59 Å². The molecule has 1 fully saturated rings. The fraction of sp³-hybridized carbons (Fsp3) is 0.211. The molecule has 0 radical (unpaired) electrons. The summed E-state index contributed by atoms with van der Waals surface area (Å²) >= 11 is 5.48. The number of nitrogens with zero attached hydrogens (tertiary/aromatic N) is 2. The predicted octanol–water partition coefficient (Wildman–Crippen LogP) is 3.46. The molecule has 2 aromatic rings. The van der Waals surface area contributed by atoms with E-state index in [9.17, 15) is 9.59 Å². The van der Waals surface area contributed by atoms with Crippen LogP contribution in [0, 0.1) is 0 Å². The van der Waals surface area contributed by atoms with Crippen LogP contribution in [0.3, 0.4) is 0 Å². The van der Waals surface area contributed by atoms with Gasteiger partial charge in [0.1, 0.15) is 0 Å². The van der Waals surface area contributed by atoms with E-state index in [1.807, 2.05) is 60.7 Å². The van der Waals surface area contributed by atoms with Gasteiger partial charge in [-0.15, -0.1) is 0 Å². The Balaban J connectivity index is 2.20. The summed E-state index contributed by atoms with van der Waals surface area (Å²) < 4.78 is 0. The molecule has 0 aromatic heterocycles. The van der Waals surface area contributed by atoms with Gasteiger partial charge in [0.15, 0.2) is 5.11 Å². The highest BCUT2D eigenvalue weighted by Crippen LogP contribution is 2.45. The number of hydrogen-bond donors (Lipinski definition) is 0. The van der Waals surface area contributed by atoms with Gasteiger partial charge in [-0.2, -0.15) is 0 Å². The third-order valence-corrected chi connectivity index (χ3v) is 4.62. The van der Waals surface area contributed by atoms with E-state index in [-0.39, 0.29) is 29.0 Å². The van der Waals surface area contributed by atoms with E-state index < -0.39 is 0 Å². The topological polar surface area (TPSA) is 40.6 Å². The molecule has 4 nitrogen and oxygen atoms in total. The molecule has 0 N–H and O–H groups in total. The van der Waals surface area contributed by atoms with Gasteiger partial charge in [-0.25, -0.2) is 0 Å². The van der Waals surface area contributed by atoms with Crippen molar-refractivity contribution in [3.63, 3.8) is 0 Å². The van der Waals surface area contributed by atoms with E-state index in [1.54, 1.807) is 9.80 Å². The number of thiocarbonyl (C=S) groups is 1. The fourth-order valence-electron chi connectivity index (χ4n) is 3.26. The van der Waals surface area contributed by atoms with Crippen LogP contribution in [0.15, 0.2) is 60.7 Å². The summed E-state index contributed by atoms with van der Waals surface area (Å²) in [5.41, 5.74) is 1.90. The lowest BCUT2D eigenvalue weighted by molar-refractivity contribution is -0.127. The molecule has 2 atom stereocenters. The smallest absolute Gasteiger partial charge is 0.226 e. The molecule has 3 rings (SSSR count). The van der Waals surface area contributed by atoms with E-state index in [4.69, 9.17) is 12.2 Å². The van der Waals surface area contributed by atoms with Crippen LogP contribution in [0.25, 0.3) is 0 Å². The Morgan fingerprint density at radius 2 is 1.08 bits per heavy atom. The zero-order valence-corrected chi connectivity index (χ0v) is 14.4. The van der Waals surface area contributed by atoms with Gasteiger partial charge in [0, 0.05) is 13.8 Å². The van der Waals surface area contributed by atoms with E-state index in [0.717, 1.165) is 11.1 Å². The van der Waals surface area contributed by atoms with Gasteiger partial charge in [0.2, 0.25) is 11.8 Å². The van der Waals surface area contributed by atoms with Crippen molar-refractivity contribution in [2.75, 3.05) is 0 Å². The minimum atomic E-state index is -0.331. The maximum Gasteiger partial charge on any atom is 0.226 e. The first kappa shape index (κ1) is 16.3. The number of benzene rings is 2. The summed E-state index contributed by atoms with van der Waals surface area (Å²) in [7, 11) is 0. The third-order valence-electron chi connectivity index (χ3n) is 4.23. The predicted molar refractivity (Wildman–Crippen MR) is 96.0 cm³/mol. The molecule has 1 heterocycles. The van der Waals surface area contributed by atoms with Crippen LogP contribution in [-0.4, -0.2) is 26.7 Å². The molecular weight excluding hydrogens is 320 g/mol. The molecular formula is C19H18N2O2S. The van der Waals surface area contributed by atoms with E-state index >= 15 is 0 Å². The van der Waals surface area contributed by atoms with Crippen LogP contribution < -0.4 is 0 Å². The van der Waals surface area contributed by atoms with Crippen molar-refractivity contribution in [1.82, 2.24) is 9.80 Å². The average Bonchev–Trinajstić information content (AvgIpc) is 2.90. The van der Waals surface area contributed by atoms with Crippen molar-refractivity contribution >= 4 is 29.1 Å². The Kier molecular flexibility index (Phi) is 4.44. The highest BCUT2D eigenvalue weighted by molar-refractivity contribution is 7.80. The maximum absolute atomic E-state index is 12.3. The highest BCUT2D eigenvalue weighted by atomic mass is 32.1. The first-order valence-corrected chi connectivity index (χ1v) is 8.16. The molecule has 0 bridgehead atoms. The van der Waals surface area contributed by atoms with E-state index in [0.29, 0.717) is 0 Å². The van der Waals surface area contributed by atoms with Gasteiger partial charge in [-0.3, -0.25) is 19.4 Å². The van der Waals surface area contributed by atoms with Crippen molar-refractivity contribution in [3.8, 4) is 0 Å². The third kappa shape index (κ3) is 2.71. The molecule has 122 valence electrons. The monoisotopic (exact) mass is 338 g/mol. The molecule has 5 heteroatoms. The number of hydrogen-bond acceptors (Lipinski definition) is 3. The Bertz CT molecular complexity index is 711. The second kappa shape index (κ2) is 6.53.